The van der Waals surface area contributed by atoms with E-state index in [0.717, 1.165) is 4.31 Å². The number of carbonyl (C=O) groups is 2. The fourth-order valence-electron chi connectivity index (χ4n) is 3.63. The van der Waals surface area contributed by atoms with Gasteiger partial charge in [-0.15, -0.1) is 0 Å². The number of hydrogen-bond donors (Lipinski definition) is 2. The molecule has 0 saturated carbocycles. The van der Waals surface area contributed by atoms with E-state index in [0.29, 0.717) is 22.0 Å². The summed E-state index contributed by atoms with van der Waals surface area (Å²) in [6.45, 7) is -0.841. The SMILES string of the molecule is O=C(O)CN(c1cccc2c(NC(=O)c3ccccc3)cccc12)S(=O)(=O)c1cc(Cl)cc(Cl)c1. The Hall–Kier alpha value is -3.59. The van der Waals surface area contributed by atoms with Gasteiger partial charge in [0.05, 0.1) is 10.6 Å². The van der Waals surface area contributed by atoms with E-state index in [1.165, 1.54) is 24.3 Å². The van der Waals surface area contributed by atoms with Gasteiger partial charge in [0.1, 0.15) is 6.54 Å². The number of halogens is 2. The van der Waals surface area contributed by atoms with Crippen molar-refractivity contribution < 1.29 is 23.1 Å². The number of sulfonamides is 1. The van der Waals surface area contributed by atoms with Crippen molar-refractivity contribution in [1.29, 1.82) is 0 Å². The Balaban J connectivity index is 1.84. The number of carboxylic acids is 1. The summed E-state index contributed by atoms with van der Waals surface area (Å²) in [7, 11) is -4.37. The van der Waals surface area contributed by atoms with E-state index < -0.39 is 22.5 Å². The number of hydrogen-bond acceptors (Lipinski definition) is 4. The molecule has 178 valence electrons. The number of carbonyl (C=O) groups excluding carboxylic acids is 1. The molecule has 4 aromatic carbocycles. The van der Waals surface area contributed by atoms with Crippen molar-refractivity contribution in [2.75, 3.05) is 16.2 Å². The molecule has 0 bridgehead atoms. The molecule has 35 heavy (non-hydrogen) atoms. The van der Waals surface area contributed by atoms with Crippen LogP contribution in [-0.2, 0) is 14.8 Å². The molecule has 0 radical (unpaired) electrons. The summed E-state index contributed by atoms with van der Waals surface area (Å²) in [4.78, 5) is 24.1. The zero-order chi connectivity index (χ0) is 25.2. The van der Waals surface area contributed by atoms with Gasteiger partial charge in [0.15, 0.2) is 0 Å². The Morgan fingerprint density at radius 3 is 2.11 bits per heavy atom. The van der Waals surface area contributed by atoms with Crippen molar-refractivity contribution in [2.24, 2.45) is 0 Å². The maximum absolute atomic E-state index is 13.5. The number of anilines is 2. The number of fused-ring (bicyclic) bond motifs is 1. The summed E-state index contributed by atoms with van der Waals surface area (Å²) in [6.07, 6.45) is 0. The summed E-state index contributed by atoms with van der Waals surface area (Å²) in [5.41, 5.74) is 1.02. The average Bonchev–Trinajstić information content (AvgIpc) is 2.82. The van der Waals surface area contributed by atoms with Crippen molar-refractivity contribution in [3.05, 3.63) is 101 Å². The van der Waals surface area contributed by atoms with Crippen molar-refractivity contribution in [3.63, 3.8) is 0 Å². The Morgan fingerprint density at radius 2 is 1.46 bits per heavy atom. The van der Waals surface area contributed by atoms with Crippen LogP contribution in [0.3, 0.4) is 0 Å². The third-order valence-corrected chi connectivity index (χ3v) is 7.33. The molecule has 0 saturated heterocycles. The fourth-order valence-corrected chi connectivity index (χ4v) is 5.79. The van der Waals surface area contributed by atoms with Gasteiger partial charge in [0.2, 0.25) is 0 Å². The van der Waals surface area contributed by atoms with Gasteiger partial charge >= 0.3 is 5.97 Å². The topological polar surface area (TPSA) is 104 Å². The molecule has 0 heterocycles. The molecule has 0 aliphatic carbocycles. The average molecular weight is 529 g/mol. The largest absolute Gasteiger partial charge is 0.480 e. The van der Waals surface area contributed by atoms with Crippen molar-refractivity contribution in [3.8, 4) is 0 Å². The van der Waals surface area contributed by atoms with Crippen LogP contribution >= 0.6 is 23.2 Å². The Labute approximate surface area is 211 Å². The molecule has 7 nitrogen and oxygen atoms in total. The third kappa shape index (κ3) is 5.24. The van der Waals surface area contributed by atoms with Gasteiger partial charge in [-0.2, -0.15) is 0 Å². The maximum Gasteiger partial charge on any atom is 0.324 e. The molecule has 0 atom stereocenters. The Morgan fingerprint density at radius 1 is 0.829 bits per heavy atom. The van der Waals surface area contributed by atoms with Crippen LogP contribution in [0.2, 0.25) is 10.0 Å². The van der Waals surface area contributed by atoms with E-state index >= 15 is 0 Å². The first-order valence-electron chi connectivity index (χ1n) is 10.3. The lowest BCUT2D eigenvalue weighted by Crippen LogP contribution is -2.36. The molecule has 0 aromatic heterocycles. The molecule has 0 unspecified atom stereocenters. The van der Waals surface area contributed by atoms with E-state index in [4.69, 9.17) is 23.2 Å². The number of benzene rings is 4. The normalized spacial score (nSPS) is 11.3. The van der Waals surface area contributed by atoms with E-state index in [9.17, 15) is 23.1 Å². The zero-order valence-electron chi connectivity index (χ0n) is 18.0. The van der Waals surface area contributed by atoms with Gasteiger partial charge in [0, 0.05) is 32.1 Å². The molecule has 0 fully saturated rings. The first-order chi connectivity index (χ1) is 16.7. The third-order valence-electron chi connectivity index (χ3n) is 5.15. The van der Waals surface area contributed by atoms with Crippen molar-refractivity contribution >= 4 is 67.2 Å². The van der Waals surface area contributed by atoms with Crippen molar-refractivity contribution in [2.45, 2.75) is 4.90 Å². The van der Waals surface area contributed by atoms with E-state index in [-0.39, 0.29) is 26.5 Å². The lowest BCUT2D eigenvalue weighted by atomic mass is 10.1. The van der Waals surface area contributed by atoms with Gasteiger partial charge in [-0.05, 0) is 42.5 Å². The Bertz CT molecular complexity index is 1520. The molecule has 0 spiro atoms. The minimum absolute atomic E-state index is 0.0928. The molecule has 4 rings (SSSR count). The van der Waals surface area contributed by atoms with Gasteiger partial charge in [0.25, 0.3) is 15.9 Å². The zero-order valence-corrected chi connectivity index (χ0v) is 20.3. The van der Waals surface area contributed by atoms with Crippen LogP contribution in [-0.4, -0.2) is 31.9 Å². The second-order valence-electron chi connectivity index (χ2n) is 7.51. The molecular formula is C25H18Cl2N2O5S. The number of nitrogens with one attached hydrogen (secondary N) is 1. The fraction of sp³-hybridized carbons (Fsp3) is 0.0400. The first kappa shape index (κ1) is 24.5. The highest BCUT2D eigenvalue weighted by molar-refractivity contribution is 7.92. The number of amides is 1. The minimum Gasteiger partial charge on any atom is -0.480 e. The van der Waals surface area contributed by atoms with Crippen LogP contribution < -0.4 is 9.62 Å². The summed E-state index contributed by atoms with van der Waals surface area (Å²) < 4.78 is 27.9. The summed E-state index contributed by atoms with van der Waals surface area (Å²) in [6, 6.07) is 22.2. The van der Waals surface area contributed by atoms with Crippen LogP contribution in [0, 0.1) is 0 Å². The van der Waals surface area contributed by atoms with Gasteiger partial charge in [-0.3, -0.25) is 13.9 Å². The minimum atomic E-state index is -4.37. The van der Waals surface area contributed by atoms with E-state index in [2.05, 4.69) is 5.32 Å². The van der Waals surface area contributed by atoms with Gasteiger partial charge in [-0.25, -0.2) is 8.42 Å². The molecule has 1 amide bonds. The summed E-state index contributed by atoms with van der Waals surface area (Å²) >= 11 is 12.0. The quantitative estimate of drug-likeness (QED) is 0.321. The van der Waals surface area contributed by atoms with Crippen LogP contribution in [0.15, 0.2) is 89.8 Å². The molecule has 0 aliphatic rings. The predicted octanol–water partition coefficient (Wildman–Crippen LogP) is 5.68. The second kappa shape index (κ2) is 9.95. The Kier molecular flexibility index (Phi) is 6.98. The standard InChI is InChI=1S/C25H18Cl2N2O5S/c26-17-12-18(27)14-19(13-17)35(33,34)29(15-24(30)31)23-11-5-8-20-21(23)9-4-10-22(20)28-25(32)16-6-2-1-3-7-16/h1-14H,15H2,(H,28,32)(H,30,31). The summed E-state index contributed by atoms with van der Waals surface area (Å²) in [5, 5.41) is 13.5. The number of carboxylic acid groups (broad SMARTS) is 1. The van der Waals surface area contributed by atoms with Gasteiger partial charge in [-0.1, -0.05) is 65.7 Å². The van der Waals surface area contributed by atoms with E-state index in [1.54, 1.807) is 60.7 Å². The van der Waals surface area contributed by atoms with Gasteiger partial charge < -0.3 is 10.4 Å². The van der Waals surface area contributed by atoms with Crippen LogP contribution in [0.5, 0.6) is 0 Å². The van der Waals surface area contributed by atoms with Crippen molar-refractivity contribution in [1.82, 2.24) is 0 Å². The second-order valence-corrected chi connectivity index (χ2v) is 10.2. The first-order valence-corrected chi connectivity index (χ1v) is 12.4. The number of aliphatic carboxylic acids is 1. The number of nitrogens with zero attached hydrogens (tertiary/aromatic N) is 1. The highest BCUT2D eigenvalue weighted by atomic mass is 35.5. The van der Waals surface area contributed by atoms with E-state index in [1.807, 2.05) is 0 Å². The number of rotatable bonds is 7. The highest BCUT2D eigenvalue weighted by Crippen LogP contribution is 2.35. The monoisotopic (exact) mass is 528 g/mol. The lowest BCUT2D eigenvalue weighted by molar-refractivity contribution is -0.135. The van der Waals surface area contributed by atoms with Crippen LogP contribution in [0.1, 0.15) is 10.4 Å². The maximum atomic E-state index is 13.5. The smallest absolute Gasteiger partial charge is 0.324 e. The van der Waals surface area contributed by atoms with Crippen LogP contribution in [0.4, 0.5) is 11.4 Å². The molecule has 2 N–H and O–H groups in total. The molecule has 0 aliphatic heterocycles. The molecule has 4 aromatic rings. The van der Waals surface area contributed by atoms with Crippen LogP contribution in [0.25, 0.3) is 10.8 Å². The lowest BCUT2D eigenvalue weighted by Gasteiger charge is -2.25. The summed E-state index contributed by atoms with van der Waals surface area (Å²) in [5.74, 6) is -1.70. The highest BCUT2D eigenvalue weighted by Gasteiger charge is 2.29. The molecular weight excluding hydrogens is 511 g/mol. The predicted molar refractivity (Wildman–Crippen MR) is 137 cm³/mol. The molecule has 10 heteroatoms.